The summed E-state index contributed by atoms with van der Waals surface area (Å²) >= 11 is 0. The number of hydrogen-bond acceptors (Lipinski definition) is 3. The van der Waals surface area contributed by atoms with Crippen molar-refractivity contribution in [3.8, 4) is 0 Å². The fourth-order valence-electron chi connectivity index (χ4n) is 1.18. The summed E-state index contributed by atoms with van der Waals surface area (Å²) in [6, 6.07) is 0. The maximum Gasteiger partial charge on any atom is 0.216 e. The molecule has 3 heteroatoms. The van der Waals surface area contributed by atoms with E-state index < -0.39 is 11.9 Å². The fourth-order valence-corrected chi connectivity index (χ4v) is 1.18. The predicted octanol–water partition coefficient (Wildman–Crippen LogP) is 0.853. The van der Waals surface area contributed by atoms with Gasteiger partial charge in [-0.15, -0.1) is 0 Å². The zero-order chi connectivity index (χ0) is 9.19. The second kappa shape index (κ2) is 3.39. The third-order valence-electron chi connectivity index (χ3n) is 1.99. The Bertz CT molecular complexity index is 220. The summed E-state index contributed by atoms with van der Waals surface area (Å²) in [7, 11) is 2.99. The molecule has 0 aromatic rings. The molecular formula is C9H14O3. The van der Waals surface area contributed by atoms with Gasteiger partial charge in [-0.25, -0.2) is 0 Å². The summed E-state index contributed by atoms with van der Waals surface area (Å²) in [5.41, 5.74) is 1.06. The normalized spacial score (nSPS) is 35.0. The van der Waals surface area contributed by atoms with Crippen molar-refractivity contribution in [1.29, 1.82) is 0 Å². The van der Waals surface area contributed by atoms with E-state index >= 15 is 0 Å². The largest absolute Gasteiger partial charge is 0.371 e. The summed E-state index contributed by atoms with van der Waals surface area (Å²) < 4.78 is 10.00. The van der Waals surface area contributed by atoms with Crippen LogP contribution in [0.5, 0.6) is 0 Å². The van der Waals surface area contributed by atoms with Crippen molar-refractivity contribution in [2.45, 2.75) is 18.8 Å². The van der Waals surface area contributed by atoms with E-state index in [2.05, 4.69) is 0 Å². The van der Waals surface area contributed by atoms with Gasteiger partial charge in [0.05, 0.1) is 0 Å². The lowest BCUT2D eigenvalue weighted by atomic mass is 10.00. The van der Waals surface area contributed by atoms with Crippen LogP contribution in [0.1, 0.15) is 6.92 Å². The van der Waals surface area contributed by atoms with Crippen molar-refractivity contribution >= 4 is 0 Å². The van der Waals surface area contributed by atoms with Crippen LogP contribution in [0.3, 0.4) is 0 Å². The average Bonchev–Trinajstić information content (AvgIpc) is 2.09. The Kier molecular flexibility index (Phi) is 2.67. The number of allylic oxidation sites excluding steroid dienone is 2. The molecule has 0 saturated heterocycles. The van der Waals surface area contributed by atoms with Crippen LogP contribution in [-0.2, 0) is 9.47 Å². The minimum atomic E-state index is -1.31. The van der Waals surface area contributed by atoms with E-state index in [9.17, 15) is 5.11 Å². The SMILES string of the molecule is COC1C=C(C)C=CC1(O)OC. The number of methoxy groups -OCH3 is 2. The fraction of sp³-hybridized carbons (Fsp3) is 0.556. The molecule has 0 bridgehead atoms. The Hall–Kier alpha value is -0.640. The molecule has 0 saturated carbocycles. The summed E-state index contributed by atoms with van der Waals surface area (Å²) in [4.78, 5) is 0. The van der Waals surface area contributed by atoms with E-state index in [1.165, 1.54) is 14.2 Å². The van der Waals surface area contributed by atoms with E-state index in [4.69, 9.17) is 9.47 Å². The summed E-state index contributed by atoms with van der Waals surface area (Å²) in [6.07, 6.45) is 4.80. The molecule has 0 aromatic heterocycles. The molecule has 0 heterocycles. The molecular weight excluding hydrogens is 156 g/mol. The Morgan fingerprint density at radius 3 is 2.67 bits per heavy atom. The van der Waals surface area contributed by atoms with Gasteiger partial charge in [0, 0.05) is 14.2 Å². The van der Waals surface area contributed by atoms with Crippen molar-refractivity contribution < 1.29 is 14.6 Å². The highest BCUT2D eigenvalue weighted by Crippen LogP contribution is 2.23. The van der Waals surface area contributed by atoms with Gasteiger partial charge in [0.15, 0.2) is 0 Å². The highest BCUT2D eigenvalue weighted by atomic mass is 16.6. The molecule has 0 aliphatic heterocycles. The molecule has 68 valence electrons. The van der Waals surface area contributed by atoms with Crippen LogP contribution in [0.4, 0.5) is 0 Å². The van der Waals surface area contributed by atoms with E-state index in [1.807, 2.05) is 13.0 Å². The lowest BCUT2D eigenvalue weighted by Gasteiger charge is -2.31. The molecule has 0 fully saturated rings. The van der Waals surface area contributed by atoms with Gasteiger partial charge in [-0.05, 0) is 19.1 Å². The molecule has 0 spiro atoms. The van der Waals surface area contributed by atoms with Gasteiger partial charge in [-0.1, -0.05) is 11.6 Å². The van der Waals surface area contributed by atoms with E-state index in [1.54, 1.807) is 12.2 Å². The monoisotopic (exact) mass is 170 g/mol. The second-order valence-electron chi connectivity index (χ2n) is 2.86. The highest BCUT2D eigenvalue weighted by molar-refractivity contribution is 5.27. The third-order valence-corrected chi connectivity index (χ3v) is 1.99. The zero-order valence-electron chi connectivity index (χ0n) is 7.57. The molecule has 1 N–H and O–H groups in total. The molecule has 1 rings (SSSR count). The van der Waals surface area contributed by atoms with Gasteiger partial charge in [0.2, 0.25) is 5.79 Å². The molecule has 0 radical (unpaired) electrons. The van der Waals surface area contributed by atoms with E-state index in [0.717, 1.165) is 5.57 Å². The molecule has 12 heavy (non-hydrogen) atoms. The summed E-state index contributed by atoms with van der Waals surface area (Å²) in [6.45, 7) is 1.94. The molecule has 3 nitrogen and oxygen atoms in total. The van der Waals surface area contributed by atoms with Crippen molar-refractivity contribution in [2.24, 2.45) is 0 Å². The quantitative estimate of drug-likeness (QED) is 0.624. The van der Waals surface area contributed by atoms with Crippen molar-refractivity contribution in [3.05, 3.63) is 23.8 Å². The minimum Gasteiger partial charge on any atom is -0.371 e. The summed E-state index contributed by atoms with van der Waals surface area (Å²) in [5, 5.41) is 9.78. The Labute approximate surface area is 72.3 Å². The number of aliphatic hydroxyl groups is 1. The van der Waals surface area contributed by atoms with Crippen LogP contribution in [0.2, 0.25) is 0 Å². The zero-order valence-corrected chi connectivity index (χ0v) is 7.57. The number of ether oxygens (including phenoxy) is 2. The van der Waals surface area contributed by atoms with Gasteiger partial charge in [-0.3, -0.25) is 0 Å². The first-order valence-corrected chi connectivity index (χ1v) is 3.80. The lowest BCUT2D eigenvalue weighted by molar-refractivity contribution is -0.202. The first-order chi connectivity index (χ1) is 5.62. The van der Waals surface area contributed by atoms with Crippen LogP contribution >= 0.6 is 0 Å². The van der Waals surface area contributed by atoms with Gasteiger partial charge in [0.25, 0.3) is 0 Å². The second-order valence-corrected chi connectivity index (χ2v) is 2.86. The van der Waals surface area contributed by atoms with Gasteiger partial charge in [-0.2, -0.15) is 0 Å². The van der Waals surface area contributed by atoms with Crippen LogP contribution in [0.25, 0.3) is 0 Å². The van der Waals surface area contributed by atoms with Gasteiger partial charge in [0.1, 0.15) is 6.10 Å². The maximum absolute atomic E-state index is 9.78. The van der Waals surface area contributed by atoms with Crippen molar-refractivity contribution in [2.75, 3.05) is 14.2 Å². The first-order valence-electron chi connectivity index (χ1n) is 3.80. The number of hydrogen-bond donors (Lipinski definition) is 1. The van der Waals surface area contributed by atoms with Gasteiger partial charge >= 0.3 is 0 Å². The lowest BCUT2D eigenvalue weighted by Crippen LogP contribution is -2.43. The molecule has 2 atom stereocenters. The topological polar surface area (TPSA) is 38.7 Å². The van der Waals surface area contributed by atoms with Crippen LogP contribution in [-0.4, -0.2) is 31.2 Å². The standard InChI is InChI=1S/C9H14O3/c1-7-4-5-9(10,12-3)8(6-7)11-2/h4-6,8,10H,1-3H3. The van der Waals surface area contributed by atoms with Crippen molar-refractivity contribution in [3.63, 3.8) is 0 Å². The first kappa shape index (κ1) is 9.45. The van der Waals surface area contributed by atoms with Crippen LogP contribution in [0.15, 0.2) is 23.8 Å². The third kappa shape index (κ3) is 1.58. The predicted molar refractivity (Wildman–Crippen MR) is 45.7 cm³/mol. The maximum atomic E-state index is 9.78. The molecule has 1 aliphatic carbocycles. The van der Waals surface area contributed by atoms with Crippen molar-refractivity contribution in [1.82, 2.24) is 0 Å². The smallest absolute Gasteiger partial charge is 0.216 e. The highest BCUT2D eigenvalue weighted by Gasteiger charge is 2.34. The van der Waals surface area contributed by atoms with E-state index in [-0.39, 0.29) is 0 Å². The molecule has 0 aromatic carbocycles. The van der Waals surface area contributed by atoms with Gasteiger partial charge < -0.3 is 14.6 Å². The molecule has 1 aliphatic rings. The minimum absolute atomic E-state index is 0.424. The van der Waals surface area contributed by atoms with Crippen LogP contribution < -0.4 is 0 Å². The Morgan fingerprint density at radius 2 is 2.17 bits per heavy atom. The van der Waals surface area contributed by atoms with E-state index in [0.29, 0.717) is 0 Å². The average molecular weight is 170 g/mol. The Morgan fingerprint density at radius 1 is 1.50 bits per heavy atom. The molecule has 2 unspecified atom stereocenters. The summed E-state index contributed by atoms with van der Waals surface area (Å²) in [5.74, 6) is -1.31. The number of rotatable bonds is 2. The van der Waals surface area contributed by atoms with Crippen LogP contribution in [0, 0.1) is 0 Å². The Balaban J connectivity index is 2.86. The molecule has 0 amide bonds.